The highest BCUT2D eigenvalue weighted by Gasteiger charge is 2.19. The van der Waals surface area contributed by atoms with Gasteiger partial charge in [0.15, 0.2) is 0 Å². The molecule has 114 valence electrons. The lowest BCUT2D eigenvalue weighted by molar-refractivity contribution is -0.123. The number of rotatable bonds is 4. The third-order valence-electron chi connectivity index (χ3n) is 3.10. The van der Waals surface area contributed by atoms with E-state index in [-0.39, 0.29) is 24.4 Å². The minimum Gasteiger partial charge on any atom is -0.347 e. The number of hydrogen-bond donors (Lipinski definition) is 2. The molecule has 1 aromatic carbocycles. The second-order valence-electron chi connectivity index (χ2n) is 4.76. The molecule has 0 aliphatic rings. The van der Waals surface area contributed by atoms with Gasteiger partial charge in [0.2, 0.25) is 5.91 Å². The summed E-state index contributed by atoms with van der Waals surface area (Å²) in [6.45, 7) is 3.92. The predicted octanol–water partition coefficient (Wildman–Crippen LogP) is 4.01. The number of amides is 1. The number of thiophene rings is 1. The molecule has 0 aliphatic heterocycles. The lowest BCUT2D eigenvalue weighted by Gasteiger charge is -2.17. The van der Waals surface area contributed by atoms with Crippen LogP contribution in [0.4, 0.5) is 0 Å². The molecule has 0 aliphatic carbocycles. The minimum absolute atomic E-state index is 0. The zero-order chi connectivity index (χ0) is 14.7. The Morgan fingerprint density at radius 1 is 1.24 bits per heavy atom. The van der Waals surface area contributed by atoms with Crippen molar-refractivity contribution in [1.82, 2.24) is 5.32 Å². The van der Waals surface area contributed by atoms with Crippen LogP contribution in [0.3, 0.4) is 0 Å². The number of nitrogens with two attached hydrogens (primary N) is 1. The van der Waals surface area contributed by atoms with Crippen molar-refractivity contribution in [2.45, 2.75) is 25.9 Å². The van der Waals surface area contributed by atoms with Crippen LogP contribution in [0.1, 0.15) is 35.0 Å². The van der Waals surface area contributed by atoms with Gasteiger partial charge >= 0.3 is 0 Å². The van der Waals surface area contributed by atoms with Gasteiger partial charge in [-0.25, -0.2) is 0 Å². The van der Waals surface area contributed by atoms with Crippen LogP contribution < -0.4 is 11.1 Å². The second-order valence-corrected chi connectivity index (χ2v) is 6.51. The van der Waals surface area contributed by atoms with Crippen LogP contribution in [0.15, 0.2) is 36.4 Å². The molecular weight excluding hydrogens is 327 g/mol. The second kappa shape index (κ2) is 7.80. The van der Waals surface area contributed by atoms with Crippen LogP contribution >= 0.6 is 35.3 Å². The Hall–Kier alpha value is -1.07. The molecule has 2 atom stereocenters. The Balaban J connectivity index is 0.00000220. The van der Waals surface area contributed by atoms with Gasteiger partial charge in [0.1, 0.15) is 6.04 Å². The summed E-state index contributed by atoms with van der Waals surface area (Å²) in [5.74, 6) is -0.189. The Morgan fingerprint density at radius 2 is 1.86 bits per heavy atom. The van der Waals surface area contributed by atoms with Crippen molar-refractivity contribution in [2.75, 3.05) is 0 Å². The molecule has 0 saturated heterocycles. The van der Waals surface area contributed by atoms with Gasteiger partial charge < -0.3 is 11.1 Å². The van der Waals surface area contributed by atoms with Crippen molar-refractivity contribution in [2.24, 2.45) is 5.73 Å². The van der Waals surface area contributed by atoms with Crippen LogP contribution in [-0.2, 0) is 4.79 Å². The molecule has 3 N–H and O–H groups in total. The molecule has 0 saturated carbocycles. The molecule has 3 nitrogen and oxygen atoms in total. The van der Waals surface area contributed by atoms with Gasteiger partial charge in [0.25, 0.3) is 0 Å². The molecule has 0 fully saturated rings. The maximum Gasteiger partial charge on any atom is 0.242 e. The Labute approximate surface area is 139 Å². The Morgan fingerprint density at radius 3 is 2.38 bits per heavy atom. The highest BCUT2D eigenvalue weighted by atomic mass is 35.5. The molecule has 0 spiro atoms. The summed E-state index contributed by atoms with van der Waals surface area (Å²) in [6.07, 6.45) is 0. The molecule has 2 unspecified atom stereocenters. The smallest absolute Gasteiger partial charge is 0.242 e. The molecule has 21 heavy (non-hydrogen) atoms. The molecular formula is C15H18Cl2N2OS. The van der Waals surface area contributed by atoms with E-state index in [0.29, 0.717) is 4.34 Å². The highest BCUT2D eigenvalue weighted by Crippen LogP contribution is 2.27. The average molecular weight is 345 g/mol. The molecule has 0 radical (unpaired) electrons. The zero-order valence-corrected chi connectivity index (χ0v) is 14.2. The summed E-state index contributed by atoms with van der Waals surface area (Å²) in [7, 11) is 0. The maximum atomic E-state index is 12.2. The largest absolute Gasteiger partial charge is 0.347 e. The van der Waals surface area contributed by atoms with E-state index in [9.17, 15) is 4.79 Å². The summed E-state index contributed by atoms with van der Waals surface area (Å²) in [5, 5.41) is 2.91. The number of halogens is 2. The summed E-state index contributed by atoms with van der Waals surface area (Å²) in [4.78, 5) is 13.2. The first kappa shape index (κ1) is 18.0. The first-order valence-electron chi connectivity index (χ1n) is 6.35. The lowest BCUT2D eigenvalue weighted by atomic mass is 10.0. The van der Waals surface area contributed by atoms with Crippen molar-refractivity contribution in [3.63, 3.8) is 0 Å². The predicted molar refractivity (Wildman–Crippen MR) is 91.2 cm³/mol. The van der Waals surface area contributed by atoms with Crippen molar-refractivity contribution in [3.05, 3.63) is 56.7 Å². The van der Waals surface area contributed by atoms with Gasteiger partial charge in [-0.3, -0.25) is 4.79 Å². The molecule has 1 amide bonds. The molecule has 0 bridgehead atoms. The van der Waals surface area contributed by atoms with Crippen LogP contribution in [0.5, 0.6) is 0 Å². The summed E-state index contributed by atoms with van der Waals surface area (Å²) >= 11 is 7.35. The van der Waals surface area contributed by atoms with Crippen LogP contribution in [0, 0.1) is 6.92 Å². The monoisotopic (exact) mass is 344 g/mol. The number of hydrogen-bond acceptors (Lipinski definition) is 3. The van der Waals surface area contributed by atoms with Crippen LogP contribution in [0.25, 0.3) is 0 Å². The van der Waals surface area contributed by atoms with Crippen LogP contribution in [0.2, 0.25) is 4.34 Å². The summed E-state index contributed by atoms with van der Waals surface area (Å²) in [5.41, 5.74) is 7.94. The summed E-state index contributed by atoms with van der Waals surface area (Å²) in [6, 6.07) is 10.6. The van der Waals surface area contributed by atoms with Gasteiger partial charge in [0, 0.05) is 4.88 Å². The first-order valence-corrected chi connectivity index (χ1v) is 7.54. The number of benzene rings is 1. The number of nitrogens with one attached hydrogen (secondary N) is 1. The summed E-state index contributed by atoms with van der Waals surface area (Å²) < 4.78 is 0.712. The number of carbonyl (C=O) groups is 1. The van der Waals surface area contributed by atoms with Gasteiger partial charge in [-0.15, -0.1) is 23.7 Å². The fourth-order valence-corrected chi connectivity index (χ4v) is 2.92. The Kier molecular flexibility index (Phi) is 6.68. The van der Waals surface area contributed by atoms with E-state index in [0.717, 1.165) is 16.0 Å². The number of aryl methyl sites for hydroxylation is 1. The average Bonchev–Trinajstić information content (AvgIpc) is 2.85. The lowest BCUT2D eigenvalue weighted by Crippen LogP contribution is -2.35. The topological polar surface area (TPSA) is 55.1 Å². The van der Waals surface area contributed by atoms with Crippen molar-refractivity contribution < 1.29 is 4.79 Å². The number of carbonyl (C=O) groups excluding carboxylic acids is 1. The third-order valence-corrected chi connectivity index (χ3v) is 4.51. The normalized spacial score (nSPS) is 13.1. The van der Waals surface area contributed by atoms with E-state index in [2.05, 4.69) is 5.32 Å². The first-order chi connectivity index (χ1) is 9.47. The van der Waals surface area contributed by atoms with Gasteiger partial charge in [-0.1, -0.05) is 41.4 Å². The van der Waals surface area contributed by atoms with E-state index in [1.165, 1.54) is 11.3 Å². The van der Waals surface area contributed by atoms with Crippen LogP contribution in [-0.4, -0.2) is 5.91 Å². The van der Waals surface area contributed by atoms with Gasteiger partial charge in [-0.05, 0) is 31.5 Å². The van der Waals surface area contributed by atoms with E-state index in [4.69, 9.17) is 17.3 Å². The standard InChI is InChI=1S/C15H17ClN2OS.ClH/c1-9-3-5-11(6-4-9)14(17)15(19)18-10(2)12-7-8-13(16)20-12;/h3-8,10,14H,17H2,1-2H3,(H,18,19);1H. The third kappa shape index (κ3) is 4.71. The van der Waals surface area contributed by atoms with Gasteiger partial charge in [0.05, 0.1) is 10.4 Å². The van der Waals surface area contributed by atoms with Crippen molar-refractivity contribution in [1.29, 1.82) is 0 Å². The van der Waals surface area contributed by atoms with E-state index >= 15 is 0 Å². The van der Waals surface area contributed by atoms with E-state index < -0.39 is 6.04 Å². The van der Waals surface area contributed by atoms with Gasteiger partial charge in [-0.2, -0.15) is 0 Å². The molecule has 2 aromatic rings. The molecule has 1 heterocycles. The van der Waals surface area contributed by atoms with Crippen molar-refractivity contribution >= 4 is 41.3 Å². The fraction of sp³-hybridized carbons (Fsp3) is 0.267. The fourth-order valence-electron chi connectivity index (χ4n) is 1.86. The molecule has 1 aromatic heterocycles. The van der Waals surface area contributed by atoms with E-state index in [1.807, 2.05) is 50.2 Å². The maximum absolute atomic E-state index is 12.2. The quantitative estimate of drug-likeness (QED) is 0.880. The Bertz CT molecular complexity index is 598. The molecule has 2 rings (SSSR count). The highest BCUT2D eigenvalue weighted by molar-refractivity contribution is 7.16. The SMILES string of the molecule is Cc1ccc(C(N)C(=O)NC(C)c2ccc(Cl)s2)cc1.Cl. The van der Waals surface area contributed by atoms with E-state index in [1.54, 1.807) is 0 Å². The van der Waals surface area contributed by atoms with Crippen molar-refractivity contribution in [3.8, 4) is 0 Å². The minimum atomic E-state index is -0.659. The zero-order valence-electron chi connectivity index (χ0n) is 11.8. The molecule has 6 heteroatoms.